The summed E-state index contributed by atoms with van der Waals surface area (Å²) >= 11 is 0. The smallest absolute Gasteiger partial charge is 0.0626 e. The van der Waals surface area contributed by atoms with Crippen LogP contribution >= 0.6 is 0 Å². The molecule has 1 aromatic carbocycles. The van der Waals surface area contributed by atoms with Gasteiger partial charge in [0.15, 0.2) is 0 Å². The second kappa shape index (κ2) is 8.49. The number of aliphatic hydroxyl groups is 1. The zero-order valence-corrected chi connectivity index (χ0v) is 13.0. The van der Waals surface area contributed by atoms with E-state index < -0.39 is 0 Å². The normalized spacial score (nSPS) is 20.3. The highest BCUT2D eigenvalue weighted by Crippen LogP contribution is 2.17. The first-order chi connectivity index (χ1) is 10.2. The summed E-state index contributed by atoms with van der Waals surface area (Å²) in [5, 5.41) is 13.2. The number of nitrogens with two attached hydrogens (primary N) is 1. The summed E-state index contributed by atoms with van der Waals surface area (Å²) in [6.07, 6.45) is 3.35. The fourth-order valence-electron chi connectivity index (χ4n) is 2.93. The van der Waals surface area contributed by atoms with E-state index in [0.717, 1.165) is 38.9 Å². The number of piperidine rings is 1. The van der Waals surface area contributed by atoms with E-state index in [2.05, 4.69) is 29.3 Å². The summed E-state index contributed by atoms with van der Waals surface area (Å²) in [4.78, 5) is 2.50. The van der Waals surface area contributed by atoms with Gasteiger partial charge in [0, 0.05) is 12.1 Å². The maximum atomic E-state index is 9.62. The van der Waals surface area contributed by atoms with Crippen molar-refractivity contribution < 1.29 is 5.11 Å². The first kappa shape index (κ1) is 16.4. The van der Waals surface area contributed by atoms with Crippen molar-refractivity contribution in [3.63, 3.8) is 0 Å². The monoisotopic (exact) mass is 291 g/mol. The van der Waals surface area contributed by atoms with Crippen molar-refractivity contribution in [2.75, 3.05) is 26.2 Å². The molecule has 1 aromatic rings. The molecule has 4 heteroatoms. The van der Waals surface area contributed by atoms with Crippen molar-refractivity contribution in [2.45, 2.75) is 44.3 Å². The molecule has 0 aliphatic carbocycles. The summed E-state index contributed by atoms with van der Waals surface area (Å²) in [6, 6.07) is 11.0. The minimum absolute atomic E-state index is 0.0480. The summed E-state index contributed by atoms with van der Waals surface area (Å²) in [6.45, 7) is 5.57. The van der Waals surface area contributed by atoms with Crippen molar-refractivity contribution >= 4 is 0 Å². The van der Waals surface area contributed by atoms with Crippen molar-refractivity contribution in [2.24, 2.45) is 5.73 Å². The van der Waals surface area contributed by atoms with Crippen molar-refractivity contribution in [1.29, 1.82) is 0 Å². The molecule has 2 rings (SSSR count). The number of nitrogens with one attached hydrogen (secondary N) is 1. The van der Waals surface area contributed by atoms with Crippen molar-refractivity contribution in [3.8, 4) is 0 Å². The summed E-state index contributed by atoms with van der Waals surface area (Å²) in [7, 11) is 0. The maximum absolute atomic E-state index is 9.62. The molecule has 1 fully saturated rings. The van der Waals surface area contributed by atoms with E-state index in [1.165, 1.54) is 5.56 Å². The fraction of sp³-hybridized carbons (Fsp3) is 0.647. The number of hydrogen-bond acceptors (Lipinski definition) is 4. The Labute approximate surface area is 128 Å². The zero-order chi connectivity index (χ0) is 15.1. The molecule has 4 nitrogen and oxygen atoms in total. The molecule has 4 N–H and O–H groups in total. The van der Waals surface area contributed by atoms with Gasteiger partial charge in [0.2, 0.25) is 0 Å². The molecule has 0 aromatic heterocycles. The lowest BCUT2D eigenvalue weighted by Gasteiger charge is -2.34. The molecule has 0 bridgehead atoms. The van der Waals surface area contributed by atoms with E-state index in [1.807, 2.05) is 18.2 Å². The second-order valence-corrected chi connectivity index (χ2v) is 6.19. The number of likely N-dealkylation sites (tertiary alicyclic amines) is 1. The average Bonchev–Trinajstić information content (AvgIpc) is 2.52. The maximum Gasteiger partial charge on any atom is 0.0626 e. The molecular formula is C17H29N3O. The fourth-order valence-corrected chi connectivity index (χ4v) is 2.93. The number of aliphatic hydroxyl groups excluding tert-OH is 1. The SMILES string of the molecule is CC(N)CCN1CCC(NC(CO)c2ccccc2)CC1. The first-order valence-electron chi connectivity index (χ1n) is 8.09. The Kier molecular flexibility index (Phi) is 6.64. The molecule has 0 spiro atoms. The second-order valence-electron chi connectivity index (χ2n) is 6.19. The topological polar surface area (TPSA) is 61.5 Å². The summed E-state index contributed by atoms with van der Waals surface area (Å²) < 4.78 is 0. The molecule has 0 amide bonds. The summed E-state index contributed by atoms with van der Waals surface area (Å²) in [5.74, 6) is 0. The quantitative estimate of drug-likeness (QED) is 0.713. The molecule has 2 unspecified atom stereocenters. The molecule has 1 heterocycles. The average molecular weight is 291 g/mol. The Balaban J connectivity index is 1.77. The van der Waals surface area contributed by atoms with Crippen LogP contribution in [0, 0.1) is 0 Å². The molecule has 0 radical (unpaired) electrons. The Hall–Kier alpha value is -0.940. The van der Waals surface area contributed by atoms with E-state index in [9.17, 15) is 5.11 Å². The van der Waals surface area contributed by atoms with Crippen LogP contribution in [0.2, 0.25) is 0 Å². The third-order valence-electron chi connectivity index (χ3n) is 4.31. The number of benzene rings is 1. The molecule has 21 heavy (non-hydrogen) atoms. The van der Waals surface area contributed by atoms with Crippen LogP contribution in [0.5, 0.6) is 0 Å². The zero-order valence-electron chi connectivity index (χ0n) is 13.0. The Morgan fingerprint density at radius 2 is 1.95 bits per heavy atom. The first-order valence-corrected chi connectivity index (χ1v) is 8.09. The predicted molar refractivity (Wildman–Crippen MR) is 87.1 cm³/mol. The van der Waals surface area contributed by atoms with Crippen LogP contribution in [0.3, 0.4) is 0 Å². The highest BCUT2D eigenvalue weighted by molar-refractivity contribution is 5.19. The molecule has 2 atom stereocenters. The Morgan fingerprint density at radius 1 is 1.29 bits per heavy atom. The molecule has 1 aliphatic rings. The van der Waals surface area contributed by atoms with Gasteiger partial charge in [0.1, 0.15) is 0 Å². The largest absolute Gasteiger partial charge is 0.394 e. The van der Waals surface area contributed by atoms with Gasteiger partial charge in [-0.15, -0.1) is 0 Å². The lowest BCUT2D eigenvalue weighted by atomic mass is 10.0. The van der Waals surface area contributed by atoms with Crippen LogP contribution in [-0.2, 0) is 0 Å². The molecular weight excluding hydrogens is 262 g/mol. The van der Waals surface area contributed by atoms with Gasteiger partial charge in [-0.1, -0.05) is 30.3 Å². The third-order valence-corrected chi connectivity index (χ3v) is 4.31. The Morgan fingerprint density at radius 3 is 2.52 bits per heavy atom. The van der Waals surface area contributed by atoms with Gasteiger partial charge >= 0.3 is 0 Å². The summed E-state index contributed by atoms with van der Waals surface area (Å²) in [5.41, 5.74) is 6.98. The molecule has 0 saturated carbocycles. The highest BCUT2D eigenvalue weighted by Gasteiger charge is 2.22. The van der Waals surface area contributed by atoms with Gasteiger partial charge in [-0.2, -0.15) is 0 Å². The highest BCUT2D eigenvalue weighted by atomic mass is 16.3. The molecule has 118 valence electrons. The van der Waals surface area contributed by atoms with Crippen LogP contribution in [0.1, 0.15) is 37.8 Å². The molecule has 1 saturated heterocycles. The lowest BCUT2D eigenvalue weighted by Crippen LogP contribution is -2.45. The van der Waals surface area contributed by atoms with Gasteiger partial charge in [0.25, 0.3) is 0 Å². The van der Waals surface area contributed by atoms with Gasteiger partial charge in [-0.3, -0.25) is 0 Å². The number of rotatable bonds is 7. The van der Waals surface area contributed by atoms with Crippen LogP contribution in [0.15, 0.2) is 30.3 Å². The van der Waals surface area contributed by atoms with Gasteiger partial charge in [0.05, 0.1) is 12.6 Å². The number of nitrogens with zero attached hydrogens (tertiary/aromatic N) is 1. The number of hydrogen-bond donors (Lipinski definition) is 3. The van der Waals surface area contributed by atoms with Gasteiger partial charge < -0.3 is 21.1 Å². The standard InChI is InChI=1S/C17H29N3O/c1-14(18)7-10-20-11-8-16(9-12-20)19-17(13-21)15-5-3-2-4-6-15/h2-6,14,16-17,19,21H,7-13,18H2,1H3. The van der Waals surface area contributed by atoms with Gasteiger partial charge in [-0.05, 0) is 51.4 Å². The van der Waals surface area contributed by atoms with E-state index >= 15 is 0 Å². The molecule has 1 aliphatic heterocycles. The van der Waals surface area contributed by atoms with E-state index in [0.29, 0.717) is 6.04 Å². The van der Waals surface area contributed by atoms with Crippen molar-refractivity contribution in [1.82, 2.24) is 10.2 Å². The van der Waals surface area contributed by atoms with Crippen LogP contribution in [0.4, 0.5) is 0 Å². The van der Waals surface area contributed by atoms with Crippen LogP contribution in [0.25, 0.3) is 0 Å². The minimum atomic E-state index is 0.0480. The van der Waals surface area contributed by atoms with Gasteiger partial charge in [-0.25, -0.2) is 0 Å². The predicted octanol–water partition coefficient (Wildman–Crippen LogP) is 1.51. The van der Waals surface area contributed by atoms with Crippen molar-refractivity contribution in [3.05, 3.63) is 35.9 Å². The Bertz CT molecular complexity index is 388. The third kappa shape index (κ3) is 5.40. The minimum Gasteiger partial charge on any atom is -0.394 e. The van der Waals surface area contributed by atoms with Crippen LogP contribution in [-0.4, -0.2) is 48.3 Å². The van der Waals surface area contributed by atoms with E-state index in [4.69, 9.17) is 5.73 Å². The lowest BCUT2D eigenvalue weighted by molar-refractivity contribution is 0.169. The van der Waals surface area contributed by atoms with E-state index in [-0.39, 0.29) is 18.7 Å². The van der Waals surface area contributed by atoms with E-state index in [1.54, 1.807) is 0 Å². The van der Waals surface area contributed by atoms with Crippen LogP contribution < -0.4 is 11.1 Å².